The van der Waals surface area contributed by atoms with E-state index in [-0.39, 0.29) is 5.78 Å². The molecule has 3 heterocycles. The Kier molecular flexibility index (Phi) is 6.82. The average molecular weight is 558 g/mol. The predicted molar refractivity (Wildman–Crippen MR) is 170 cm³/mol. The molecule has 0 saturated carbocycles. The van der Waals surface area contributed by atoms with E-state index in [1.54, 1.807) is 30.7 Å². The van der Waals surface area contributed by atoms with Crippen molar-refractivity contribution < 1.29 is 9.21 Å². The third-order valence-corrected chi connectivity index (χ3v) is 7.82. The monoisotopic (exact) mass is 557 g/mol. The molecule has 0 aliphatic rings. The van der Waals surface area contributed by atoms with Crippen molar-refractivity contribution >= 4 is 23.0 Å². The van der Waals surface area contributed by atoms with Gasteiger partial charge >= 0.3 is 0 Å². The standard InChI is InChI=1S/C38H27N3O2/c42-36(30-24-29-22-23-43-37(29)40-25-30)21-20-28-12-10-11-19-34(28)35-26-39-27-41(35)38(31-13-4-1-5-14-31,32-15-6-2-7-16-32)33-17-8-3-9-18-33/h1-27H. The maximum Gasteiger partial charge on any atom is 0.225 e. The van der Waals surface area contributed by atoms with Crippen LogP contribution in [0.4, 0.5) is 0 Å². The van der Waals surface area contributed by atoms with Crippen LogP contribution in [-0.4, -0.2) is 20.3 Å². The highest BCUT2D eigenvalue weighted by molar-refractivity contribution is 6.08. The summed E-state index contributed by atoms with van der Waals surface area (Å²) in [5, 5.41) is 0.794. The zero-order chi connectivity index (χ0) is 29.1. The first-order valence-corrected chi connectivity index (χ1v) is 14.1. The molecule has 7 aromatic rings. The first-order chi connectivity index (χ1) is 21.2. The van der Waals surface area contributed by atoms with Crippen molar-refractivity contribution in [2.45, 2.75) is 5.54 Å². The zero-order valence-electron chi connectivity index (χ0n) is 23.2. The molecule has 0 N–H and O–H groups in total. The smallest absolute Gasteiger partial charge is 0.225 e. The van der Waals surface area contributed by atoms with Crippen LogP contribution in [0.5, 0.6) is 0 Å². The van der Waals surface area contributed by atoms with Crippen LogP contribution in [-0.2, 0) is 5.54 Å². The van der Waals surface area contributed by atoms with Gasteiger partial charge in [-0.1, -0.05) is 121 Å². The van der Waals surface area contributed by atoms with Gasteiger partial charge in [-0.2, -0.15) is 0 Å². The molecule has 206 valence electrons. The molecule has 4 aromatic carbocycles. The van der Waals surface area contributed by atoms with Gasteiger partial charge in [0, 0.05) is 22.7 Å². The molecule has 5 heteroatoms. The summed E-state index contributed by atoms with van der Waals surface area (Å²) in [6.45, 7) is 0. The van der Waals surface area contributed by atoms with Crippen molar-refractivity contribution in [3.05, 3.63) is 186 Å². The number of nitrogens with zero attached hydrogens (tertiary/aromatic N) is 3. The van der Waals surface area contributed by atoms with Crippen LogP contribution in [0.2, 0.25) is 0 Å². The minimum atomic E-state index is -0.714. The van der Waals surface area contributed by atoms with E-state index in [4.69, 9.17) is 9.40 Å². The van der Waals surface area contributed by atoms with Crippen LogP contribution < -0.4 is 0 Å². The van der Waals surface area contributed by atoms with Crippen LogP contribution in [0.15, 0.2) is 163 Å². The third-order valence-electron chi connectivity index (χ3n) is 7.82. The maximum atomic E-state index is 13.2. The van der Waals surface area contributed by atoms with Gasteiger partial charge in [0.25, 0.3) is 0 Å². The van der Waals surface area contributed by atoms with E-state index in [1.807, 2.05) is 55.0 Å². The Balaban J connectivity index is 1.39. The van der Waals surface area contributed by atoms with Gasteiger partial charge in [0.15, 0.2) is 5.78 Å². The molecule has 5 nitrogen and oxygen atoms in total. The lowest BCUT2D eigenvalue weighted by Crippen LogP contribution is -2.37. The number of carbonyl (C=O) groups is 1. The number of allylic oxidation sites excluding steroid dienone is 1. The van der Waals surface area contributed by atoms with E-state index in [1.165, 1.54) is 0 Å². The molecule has 0 fully saturated rings. The van der Waals surface area contributed by atoms with Gasteiger partial charge in [-0.25, -0.2) is 9.97 Å². The van der Waals surface area contributed by atoms with Crippen molar-refractivity contribution in [3.8, 4) is 11.3 Å². The van der Waals surface area contributed by atoms with Crippen molar-refractivity contribution in [2.24, 2.45) is 0 Å². The summed E-state index contributed by atoms with van der Waals surface area (Å²) in [7, 11) is 0. The lowest BCUT2D eigenvalue weighted by Gasteiger charge is -2.38. The Morgan fingerprint density at radius 1 is 0.721 bits per heavy atom. The Bertz CT molecular complexity index is 1940. The summed E-state index contributed by atoms with van der Waals surface area (Å²) in [6.07, 6.45) is 10.4. The first-order valence-electron chi connectivity index (χ1n) is 14.1. The van der Waals surface area contributed by atoms with Gasteiger partial charge in [0.2, 0.25) is 5.71 Å². The number of fused-ring (bicyclic) bond motifs is 1. The van der Waals surface area contributed by atoms with Crippen LogP contribution in [0.25, 0.3) is 28.4 Å². The lowest BCUT2D eigenvalue weighted by molar-refractivity contribution is 0.104. The Labute approximate surface area is 249 Å². The number of carbonyl (C=O) groups excluding carboxylic acids is 1. The van der Waals surface area contributed by atoms with Crippen LogP contribution in [0.1, 0.15) is 32.6 Å². The fraction of sp³-hybridized carbons (Fsp3) is 0.0263. The van der Waals surface area contributed by atoms with E-state index in [2.05, 4.69) is 88.4 Å². The van der Waals surface area contributed by atoms with Crippen LogP contribution in [0, 0.1) is 0 Å². The number of rotatable bonds is 8. The predicted octanol–water partition coefficient (Wildman–Crippen LogP) is 8.43. The van der Waals surface area contributed by atoms with Gasteiger partial charge in [0.05, 0.1) is 24.5 Å². The van der Waals surface area contributed by atoms with E-state index in [0.29, 0.717) is 11.3 Å². The summed E-state index contributed by atoms with van der Waals surface area (Å²) in [5.41, 5.74) is 6.41. The van der Waals surface area contributed by atoms with Gasteiger partial charge in [-0.3, -0.25) is 4.79 Å². The number of hydrogen-bond acceptors (Lipinski definition) is 4. The topological polar surface area (TPSA) is 60.9 Å². The second-order valence-electron chi connectivity index (χ2n) is 10.3. The molecule has 0 bridgehead atoms. The molecule has 0 unspecified atom stereocenters. The number of pyridine rings is 1. The first kappa shape index (κ1) is 26.1. The molecule has 0 radical (unpaired) electrons. The quantitative estimate of drug-likeness (QED) is 0.107. The second-order valence-corrected chi connectivity index (χ2v) is 10.3. The highest BCUT2D eigenvalue weighted by Gasteiger charge is 2.39. The third kappa shape index (κ3) is 4.67. The average Bonchev–Trinajstić information content (AvgIpc) is 3.76. The Morgan fingerprint density at radius 2 is 1.33 bits per heavy atom. The Hall–Kier alpha value is -5.81. The molecule has 0 atom stereocenters. The zero-order valence-corrected chi connectivity index (χ0v) is 23.2. The van der Waals surface area contributed by atoms with E-state index >= 15 is 0 Å². The fourth-order valence-electron chi connectivity index (χ4n) is 5.85. The van der Waals surface area contributed by atoms with Gasteiger partial charge < -0.3 is 8.98 Å². The van der Waals surface area contributed by atoms with E-state index in [9.17, 15) is 4.79 Å². The lowest BCUT2D eigenvalue weighted by atomic mass is 9.76. The van der Waals surface area contributed by atoms with Crippen molar-refractivity contribution in [3.63, 3.8) is 0 Å². The largest absolute Gasteiger partial charge is 0.446 e. The molecule has 0 amide bonds. The number of benzene rings is 4. The number of aromatic nitrogens is 3. The number of imidazole rings is 1. The van der Waals surface area contributed by atoms with Crippen LogP contribution >= 0.6 is 0 Å². The SMILES string of the molecule is O=C(C=Cc1ccccc1-c1cncn1C(c1ccccc1)(c1ccccc1)c1ccccc1)c1cnc2occc2c1. The van der Waals surface area contributed by atoms with Crippen molar-refractivity contribution in [2.75, 3.05) is 0 Å². The second kappa shape index (κ2) is 11.2. The molecule has 0 aliphatic carbocycles. The molecule has 7 rings (SSSR count). The molecule has 0 saturated heterocycles. The summed E-state index contributed by atoms with van der Waals surface area (Å²) in [6, 6.07) is 43.2. The van der Waals surface area contributed by atoms with Crippen molar-refractivity contribution in [1.29, 1.82) is 0 Å². The maximum absolute atomic E-state index is 13.2. The minimum absolute atomic E-state index is 0.133. The summed E-state index contributed by atoms with van der Waals surface area (Å²) in [4.78, 5) is 22.2. The van der Waals surface area contributed by atoms with Gasteiger partial charge in [-0.05, 0) is 40.5 Å². The fourth-order valence-corrected chi connectivity index (χ4v) is 5.85. The van der Waals surface area contributed by atoms with E-state index < -0.39 is 5.54 Å². The normalized spacial score (nSPS) is 11.7. The summed E-state index contributed by atoms with van der Waals surface area (Å²) >= 11 is 0. The number of ketones is 1. The molecule has 43 heavy (non-hydrogen) atoms. The molecule has 3 aromatic heterocycles. The Morgan fingerprint density at radius 3 is 1.98 bits per heavy atom. The number of furan rings is 1. The summed E-state index contributed by atoms with van der Waals surface area (Å²) < 4.78 is 7.57. The molecular formula is C38H27N3O2. The van der Waals surface area contributed by atoms with Crippen LogP contribution in [0.3, 0.4) is 0 Å². The highest BCUT2D eigenvalue weighted by Crippen LogP contribution is 2.43. The van der Waals surface area contributed by atoms with Crippen molar-refractivity contribution in [1.82, 2.24) is 14.5 Å². The van der Waals surface area contributed by atoms with Gasteiger partial charge in [0.1, 0.15) is 5.54 Å². The molecule has 0 aliphatic heterocycles. The molecular weight excluding hydrogens is 530 g/mol. The van der Waals surface area contributed by atoms with E-state index in [0.717, 1.165) is 38.9 Å². The minimum Gasteiger partial charge on any atom is -0.446 e. The highest BCUT2D eigenvalue weighted by atomic mass is 16.3. The van der Waals surface area contributed by atoms with Gasteiger partial charge in [-0.15, -0.1) is 0 Å². The number of hydrogen-bond donors (Lipinski definition) is 0. The molecule has 0 spiro atoms. The summed E-state index contributed by atoms with van der Waals surface area (Å²) in [5.74, 6) is -0.133.